The Labute approximate surface area is 144 Å². The third-order valence-corrected chi connectivity index (χ3v) is 5.28. The fourth-order valence-corrected chi connectivity index (χ4v) is 3.82. The molecule has 1 atom stereocenters. The quantitative estimate of drug-likeness (QED) is 0.443. The maximum Gasteiger partial charge on any atom is 0.305 e. The van der Waals surface area contributed by atoms with Crippen molar-refractivity contribution < 1.29 is 19.6 Å². The number of nitro groups is 1. The van der Waals surface area contributed by atoms with E-state index in [0.29, 0.717) is 12.8 Å². The van der Waals surface area contributed by atoms with E-state index in [1.54, 1.807) is 19.1 Å². The average molecular weight is 352 g/mol. The first kappa shape index (κ1) is 18.3. The Bertz CT molecular complexity index is 626. The van der Waals surface area contributed by atoms with Gasteiger partial charge in [-0.05, 0) is 31.9 Å². The number of hydrogen-bond donors (Lipinski definition) is 2. The van der Waals surface area contributed by atoms with Crippen LogP contribution in [0.4, 0.5) is 5.69 Å². The van der Waals surface area contributed by atoms with Crippen molar-refractivity contribution in [3.05, 3.63) is 34.4 Å². The van der Waals surface area contributed by atoms with Gasteiger partial charge in [0.25, 0.3) is 5.69 Å². The minimum atomic E-state index is -0.909. The van der Waals surface area contributed by atoms with E-state index in [0.717, 1.165) is 17.7 Å². The zero-order chi connectivity index (χ0) is 17.7. The van der Waals surface area contributed by atoms with Gasteiger partial charge >= 0.3 is 5.97 Å². The molecular formula is C16H20N2O5S. The van der Waals surface area contributed by atoms with Gasteiger partial charge in [0.05, 0.1) is 22.1 Å². The van der Waals surface area contributed by atoms with Crippen LogP contribution in [0.5, 0.6) is 0 Å². The molecule has 0 aromatic heterocycles. The lowest BCUT2D eigenvalue weighted by atomic mass is 9.93. The van der Waals surface area contributed by atoms with Gasteiger partial charge in [-0.1, -0.05) is 12.8 Å². The maximum absolute atomic E-state index is 12.4. The van der Waals surface area contributed by atoms with Crippen LogP contribution in [0, 0.1) is 10.1 Å². The number of aliphatic carboxylic acids is 1. The number of amides is 1. The number of benzene rings is 1. The van der Waals surface area contributed by atoms with Crippen LogP contribution in [0.1, 0.15) is 39.0 Å². The number of hydrogen-bond acceptors (Lipinski definition) is 5. The number of nitrogens with zero attached hydrogens (tertiary/aromatic N) is 1. The van der Waals surface area contributed by atoms with Crippen LogP contribution in [0.3, 0.4) is 0 Å². The van der Waals surface area contributed by atoms with Crippen molar-refractivity contribution in [1.29, 1.82) is 0 Å². The van der Waals surface area contributed by atoms with Crippen molar-refractivity contribution in [2.24, 2.45) is 0 Å². The van der Waals surface area contributed by atoms with Gasteiger partial charge in [-0.2, -0.15) is 0 Å². The molecule has 24 heavy (non-hydrogen) atoms. The topological polar surface area (TPSA) is 110 Å². The highest BCUT2D eigenvalue weighted by Gasteiger charge is 2.38. The summed E-state index contributed by atoms with van der Waals surface area (Å²) in [6.07, 6.45) is 3.13. The molecule has 0 radical (unpaired) electrons. The standard InChI is InChI=1S/C16H20N2O5S/c1-11(24-13-6-4-12(5-7-13)18(22)23)15(21)17-16(10-14(19)20)8-2-3-9-16/h4-7,11H,2-3,8-10H2,1H3,(H,17,21)(H,19,20). The largest absolute Gasteiger partial charge is 0.481 e. The molecule has 1 aliphatic rings. The van der Waals surface area contributed by atoms with Crippen LogP contribution < -0.4 is 5.32 Å². The van der Waals surface area contributed by atoms with Gasteiger partial charge in [-0.25, -0.2) is 0 Å². The number of carbonyl (C=O) groups excluding carboxylic acids is 1. The summed E-state index contributed by atoms with van der Waals surface area (Å²) in [5.41, 5.74) is -0.643. The molecule has 1 aliphatic carbocycles. The smallest absolute Gasteiger partial charge is 0.305 e. The molecule has 1 aromatic rings. The number of non-ortho nitro benzene ring substituents is 1. The SMILES string of the molecule is CC(Sc1ccc([N+](=O)[O-])cc1)C(=O)NC1(CC(=O)O)CCCC1. The van der Waals surface area contributed by atoms with Crippen LogP contribution in [-0.4, -0.2) is 32.7 Å². The minimum absolute atomic E-state index is 0.00261. The fourth-order valence-electron chi connectivity index (χ4n) is 2.95. The molecule has 2 rings (SSSR count). The number of carboxylic acids is 1. The summed E-state index contributed by atoms with van der Waals surface area (Å²) in [6, 6.07) is 6.01. The first-order valence-corrected chi connectivity index (χ1v) is 8.64. The van der Waals surface area contributed by atoms with Crippen molar-refractivity contribution in [1.82, 2.24) is 5.32 Å². The van der Waals surface area contributed by atoms with E-state index < -0.39 is 21.7 Å². The second kappa shape index (κ2) is 7.65. The summed E-state index contributed by atoms with van der Waals surface area (Å²) < 4.78 is 0. The van der Waals surface area contributed by atoms with E-state index in [9.17, 15) is 19.7 Å². The van der Waals surface area contributed by atoms with Crippen molar-refractivity contribution in [3.63, 3.8) is 0 Å². The zero-order valence-corrected chi connectivity index (χ0v) is 14.2. The second-order valence-corrected chi connectivity index (χ2v) is 7.47. The van der Waals surface area contributed by atoms with Crippen molar-refractivity contribution >= 4 is 29.3 Å². The van der Waals surface area contributed by atoms with Crippen LogP contribution in [0.15, 0.2) is 29.2 Å². The Morgan fingerprint density at radius 3 is 2.42 bits per heavy atom. The molecule has 0 spiro atoms. The summed E-state index contributed by atoms with van der Waals surface area (Å²) >= 11 is 1.29. The average Bonchev–Trinajstić information content (AvgIpc) is 2.94. The highest BCUT2D eigenvalue weighted by molar-refractivity contribution is 8.00. The van der Waals surface area contributed by atoms with Gasteiger partial charge in [0, 0.05) is 17.0 Å². The van der Waals surface area contributed by atoms with Gasteiger partial charge in [-0.15, -0.1) is 11.8 Å². The fraction of sp³-hybridized carbons (Fsp3) is 0.500. The lowest BCUT2D eigenvalue weighted by Crippen LogP contribution is -2.50. The van der Waals surface area contributed by atoms with E-state index in [1.807, 2.05) is 0 Å². The summed E-state index contributed by atoms with van der Waals surface area (Å²) in [5.74, 6) is -1.12. The summed E-state index contributed by atoms with van der Waals surface area (Å²) in [5, 5.41) is 22.2. The highest BCUT2D eigenvalue weighted by atomic mass is 32.2. The first-order valence-electron chi connectivity index (χ1n) is 7.76. The number of carbonyl (C=O) groups is 2. The molecule has 1 unspecified atom stereocenters. The molecule has 7 nitrogen and oxygen atoms in total. The van der Waals surface area contributed by atoms with Crippen LogP contribution in [-0.2, 0) is 9.59 Å². The maximum atomic E-state index is 12.4. The molecule has 0 heterocycles. The molecule has 1 aromatic carbocycles. The van der Waals surface area contributed by atoms with Gasteiger partial charge in [0.2, 0.25) is 5.91 Å². The van der Waals surface area contributed by atoms with E-state index in [-0.39, 0.29) is 18.0 Å². The molecule has 0 aliphatic heterocycles. The third-order valence-electron chi connectivity index (χ3n) is 4.17. The van der Waals surface area contributed by atoms with Crippen LogP contribution in [0.2, 0.25) is 0 Å². The molecule has 1 fully saturated rings. The van der Waals surface area contributed by atoms with Gasteiger partial charge in [0.15, 0.2) is 0 Å². The lowest BCUT2D eigenvalue weighted by molar-refractivity contribution is -0.384. The Balaban J connectivity index is 1.98. The van der Waals surface area contributed by atoms with Crippen LogP contribution >= 0.6 is 11.8 Å². The number of nitrogens with one attached hydrogen (secondary N) is 1. The van der Waals surface area contributed by atoms with Crippen LogP contribution in [0.25, 0.3) is 0 Å². The Hall–Kier alpha value is -2.09. The van der Waals surface area contributed by atoms with Gasteiger partial charge < -0.3 is 10.4 Å². The molecular weight excluding hydrogens is 332 g/mol. The minimum Gasteiger partial charge on any atom is -0.481 e. The van der Waals surface area contributed by atoms with Crippen molar-refractivity contribution in [3.8, 4) is 0 Å². The lowest BCUT2D eigenvalue weighted by Gasteiger charge is -2.30. The highest BCUT2D eigenvalue weighted by Crippen LogP contribution is 2.34. The number of carboxylic acid groups (broad SMARTS) is 1. The summed E-state index contributed by atoms with van der Waals surface area (Å²) in [4.78, 5) is 34.4. The number of thioether (sulfide) groups is 1. The Morgan fingerprint density at radius 2 is 1.92 bits per heavy atom. The first-order chi connectivity index (χ1) is 11.3. The number of rotatable bonds is 7. The van der Waals surface area contributed by atoms with E-state index in [4.69, 9.17) is 5.11 Å². The van der Waals surface area contributed by atoms with E-state index >= 15 is 0 Å². The number of nitro benzene ring substituents is 1. The summed E-state index contributed by atoms with van der Waals surface area (Å²) in [6.45, 7) is 1.74. The molecule has 130 valence electrons. The molecule has 0 saturated heterocycles. The summed E-state index contributed by atoms with van der Waals surface area (Å²) in [7, 11) is 0. The molecule has 8 heteroatoms. The predicted molar refractivity (Wildman–Crippen MR) is 90.0 cm³/mol. The van der Waals surface area contributed by atoms with Gasteiger partial charge in [0.1, 0.15) is 0 Å². The predicted octanol–water partition coefficient (Wildman–Crippen LogP) is 2.98. The van der Waals surface area contributed by atoms with E-state index in [2.05, 4.69) is 5.32 Å². The Kier molecular flexibility index (Phi) is 5.82. The second-order valence-electron chi connectivity index (χ2n) is 6.06. The normalized spacial score (nSPS) is 17.2. The van der Waals surface area contributed by atoms with Crippen molar-refractivity contribution in [2.45, 2.75) is 54.7 Å². The third kappa shape index (κ3) is 4.70. The molecule has 1 saturated carbocycles. The molecule has 2 N–H and O–H groups in total. The monoisotopic (exact) mass is 352 g/mol. The van der Waals surface area contributed by atoms with Gasteiger partial charge in [-0.3, -0.25) is 19.7 Å². The van der Waals surface area contributed by atoms with Crippen molar-refractivity contribution in [2.75, 3.05) is 0 Å². The molecule has 1 amide bonds. The zero-order valence-electron chi connectivity index (χ0n) is 13.4. The molecule has 0 bridgehead atoms. The van der Waals surface area contributed by atoms with E-state index in [1.165, 1.54) is 23.9 Å². The Morgan fingerprint density at radius 1 is 1.33 bits per heavy atom.